The van der Waals surface area contributed by atoms with Crippen LogP contribution >= 0.6 is 0 Å². The molecule has 0 atom stereocenters. The minimum atomic E-state index is -3.79. The van der Waals surface area contributed by atoms with Crippen molar-refractivity contribution in [2.45, 2.75) is 18.7 Å². The third-order valence-electron chi connectivity index (χ3n) is 3.50. The Morgan fingerprint density at radius 3 is 2.59 bits per heavy atom. The van der Waals surface area contributed by atoms with Gasteiger partial charge in [-0.05, 0) is 37.1 Å². The normalized spacial score (nSPS) is 11.3. The van der Waals surface area contributed by atoms with Crippen molar-refractivity contribution in [2.75, 3.05) is 4.72 Å². The number of aromatic nitrogens is 1. The van der Waals surface area contributed by atoms with Crippen molar-refractivity contribution in [3.8, 4) is 0 Å². The highest BCUT2D eigenvalue weighted by atomic mass is 32.2. The number of anilines is 1. The van der Waals surface area contributed by atoms with Gasteiger partial charge in [0.25, 0.3) is 15.9 Å². The smallest absolute Gasteiger partial charge is 0.281 e. The zero-order valence-corrected chi connectivity index (χ0v) is 13.4. The van der Waals surface area contributed by atoms with Crippen molar-refractivity contribution >= 4 is 21.6 Å². The Morgan fingerprint density at radius 2 is 1.95 bits per heavy atom. The first-order valence-electron chi connectivity index (χ1n) is 6.52. The average Bonchev–Trinajstić information content (AvgIpc) is 2.86. The summed E-state index contributed by atoms with van der Waals surface area (Å²) in [5.74, 6) is 4.51. The van der Waals surface area contributed by atoms with Gasteiger partial charge < -0.3 is 4.57 Å². The van der Waals surface area contributed by atoms with Crippen LogP contribution < -0.4 is 16.0 Å². The van der Waals surface area contributed by atoms with Gasteiger partial charge in [-0.15, -0.1) is 0 Å². The van der Waals surface area contributed by atoms with E-state index in [0.717, 1.165) is 11.1 Å². The number of rotatable bonds is 4. The molecule has 1 amide bonds. The van der Waals surface area contributed by atoms with Gasteiger partial charge in [0.05, 0.1) is 5.69 Å². The minimum Gasteiger partial charge on any atom is -0.345 e. The topological polar surface area (TPSA) is 106 Å². The fraction of sp³-hybridized carbons (Fsp3) is 0.214. The molecule has 0 saturated heterocycles. The van der Waals surface area contributed by atoms with Crippen molar-refractivity contribution in [3.63, 3.8) is 0 Å². The van der Waals surface area contributed by atoms with E-state index in [0.29, 0.717) is 5.69 Å². The number of nitrogens with one attached hydrogen (secondary N) is 2. The maximum absolute atomic E-state index is 12.5. The van der Waals surface area contributed by atoms with Crippen molar-refractivity contribution in [3.05, 3.63) is 47.3 Å². The van der Waals surface area contributed by atoms with Gasteiger partial charge in [0, 0.05) is 13.2 Å². The molecule has 0 aliphatic rings. The highest BCUT2D eigenvalue weighted by Crippen LogP contribution is 2.22. The van der Waals surface area contributed by atoms with Crippen molar-refractivity contribution in [1.82, 2.24) is 9.99 Å². The van der Waals surface area contributed by atoms with Gasteiger partial charge in [-0.1, -0.05) is 12.1 Å². The number of hydrogen-bond donors (Lipinski definition) is 3. The van der Waals surface area contributed by atoms with E-state index in [1.807, 2.05) is 25.3 Å². The standard InChI is InChI=1S/C14H18N4O3S/c1-9-5-4-6-12(10(9)2)17-22(20,21)11-7-13(14(19)16-15)18(3)8-11/h4-8,17H,15H2,1-3H3,(H,16,19). The maximum atomic E-state index is 12.5. The van der Waals surface area contributed by atoms with Crippen LogP contribution in [0.2, 0.25) is 0 Å². The number of hydrazine groups is 1. The van der Waals surface area contributed by atoms with Crippen LogP contribution in [0.25, 0.3) is 0 Å². The zero-order valence-electron chi connectivity index (χ0n) is 12.5. The summed E-state index contributed by atoms with van der Waals surface area (Å²) in [6.45, 7) is 3.74. The SMILES string of the molecule is Cc1cccc(NS(=O)(=O)c2cc(C(=O)NN)n(C)c2)c1C. The summed E-state index contributed by atoms with van der Waals surface area (Å²) in [4.78, 5) is 11.6. The van der Waals surface area contributed by atoms with Gasteiger partial charge in [0.2, 0.25) is 0 Å². The Morgan fingerprint density at radius 1 is 1.27 bits per heavy atom. The average molecular weight is 322 g/mol. The Bertz CT molecular complexity index is 825. The van der Waals surface area contributed by atoms with E-state index < -0.39 is 15.9 Å². The molecule has 0 bridgehead atoms. The number of nitrogens with zero attached hydrogens (tertiary/aromatic N) is 1. The highest BCUT2D eigenvalue weighted by molar-refractivity contribution is 7.92. The first-order chi connectivity index (χ1) is 10.3. The molecule has 1 heterocycles. The molecule has 4 N–H and O–H groups in total. The Kier molecular flexibility index (Phi) is 4.25. The third kappa shape index (κ3) is 2.97. The van der Waals surface area contributed by atoms with Crippen LogP contribution in [0.15, 0.2) is 35.4 Å². The van der Waals surface area contributed by atoms with Crippen LogP contribution in [-0.2, 0) is 17.1 Å². The lowest BCUT2D eigenvalue weighted by atomic mass is 10.1. The van der Waals surface area contributed by atoms with E-state index >= 15 is 0 Å². The quantitative estimate of drug-likeness (QED) is 0.444. The van der Waals surface area contributed by atoms with Crippen molar-refractivity contribution < 1.29 is 13.2 Å². The Hall–Kier alpha value is -2.32. The summed E-state index contributed by atoms with van der Waals surface area (Å²) < 4.78 is 28.8. The summed E-state index contributed by atoms with van der Waals surface area (Å²) in [7, 11) is -2.22. The maximum Gasteiger partial charge on any atom is 0.281 e. The molecule has 2 rings (SSSR count). The number of hydrogen-bond acceptors (Lipinski definition) is 4. The Labute approximate surface area is 129 Å². The number of nitrogens with two attached hydrogens (primary N) is 1. The minimum absolute atomic E-state index is 0.00509. The molecule has 0 spiro atoms. The molecule has 0 fully saturated rings. The molecule has 0 unspecified atom stereocenters. The van der Waals surface area contributed by atoms with Gasteiger partial charge in [-0.25, -0.2) is 14.3 Å². The first kappa shape index (κ1) is 16.1. The molecule has 0 aliphatic heterocycles. The van der Waals surface area contributed by atoms with Crippen molar-refractivity contribution in [2.24, 2.45) is 12.9 Å². The highest BCUT2D eigenvalue weighted by Gasteiger charge is 2.21. The van der Waals surface area contributed by atoms with Gasteiger partial charge in [-0.2, -0.15) is 0 Å². The summed E-state index contributed by atoms with van der Waals surface area (Å²) in [6.07, 6.45) is 1.36. The summed E-state index contributed by atoms with van der Waals surface area (Å²) >= 11 is 0. The fourth-order valence-electron chi connectivity index (χ4n) is 2.05. The Balaban J connectivity index is 2.39. The van der Waals surface area contributed by atoms with Crippen LogP contribution in [-0.4, -0.2) is 18.9 Å². The predicted octanol–water partition coefficient (Wildman–Crippen LogP) is 1.05. The molecular weight excluding hydrogens is 304 g/mol. The second-order valence-corrected chi connectivity index (χ2v) is 6.68. The number of carbonyl (C=O) groups excluding carboxylic acids is 1. The van der Waals surface area contributed by atoms with Gasteiger partial charge in [-0.3, -0.25) is 14.9 Å². The monoisotopic (exact) mass is 322 g/mol. The molecule has 0 aliphatic carbocycles. The van der Waals surface area contributed by atoms with Crippen LogP contribution in [0.3, 0.4) is 0 Å². The number of nitrogen functional groups attached to an aromatic ring is 1. The van der Waals surface area contributed by atoms with Gasteiger partial charge in [0.15, 0.2) is 0 Å². The second kappa shape index (κ2) is 5.82. The predicted molar refractivity (Wildman–Crippen MR) is 83.8 cm³/mol. The van der Waals surface area contributed by atoms with Crippen LogP contribution in [0.1, 0.15) is 21.6 Å². The van der Waals surface area contributed by atoms with Crippen molar-refractivity contribution in [1.29, 1.82) is 0 Å². The summed E-state index contributed by atoms with van der Waals surface area (Å²) in [5, 5.41) is 0. The molecule has 1 aromatic heterocycles. The molecule has 22 heavy (non-hydrogen) atoms. The van der Waals surface area contributed by atoms with E-state index in [4.69, 9.17) is 5.84 Å². The van der Waals surface area contributed by atoms with Crippen LogP contribution in [0, 0.1) is 13.8 Å². The van der Waals surface area contributed by atoms with E-state index in [1.165, 1.54) is 16.8 Å². The number of sulfonamides is 1. The first-order valence-corrected chi connectivity index (χ1v) is 8.01. The number of aryl methyl sites for hydroxylation is 2. The zero-order chi connectivity index (χ0) is 16.5. The molecule has 0 saturated carbocycles. The molecule has 118 valence electrons. The van der Waals surface area contributed by atoms with E-state index in [2.05, 4.69) is 4.72 Å². The van der Waals surface area contributed by atoms with Crippen LogP contribution in [0.5, 0.6) is 0 Å². The van der Waals surface area contributed by atoms with E-state index in [9.17, 15) is 13.2 Å². The number of carbonyl (C=O) groups is 1. The van der Waals surface area contributed by atoms with Crippen LogP contribution in [0.4, 0.5) is 5.69 Å². The lowest BCUT2D eigenvalue weighted by Crippen LogP contribution is -2.31. The molecular formula is C14H18N4O3S. The lowest BCUT2D eigenvalue weighted by Gasteiger charge is -2.11. The largest absolute Gasteiger partial charge is 0.345 e. The van der Waals surface area contributed by atoms with Gasteiger partial charge in [0.1, 0.15) is 10.6 Å². The fourth-order valence-corrected chi connectivity index (χ4v) is 3.24. The number of benzene rings is 1. The lowest BCUT2D eigenvalue weighted by molar-refractivity contribution is 0.0945. The summed E-state index contributed by atoms with van der Waals surface area (Å²) in [6, 6.07) is 6.64. The molecule has 0 radical (unpaired) electrons. The molecule has 1 aromatic carbocycles. The third-order valence-corrected chi connectivity index (χ3v) is 4.84. The van der Waals surface area contributed by atoms with Gasteiger partial charge >= 0.3 is 0 Å². The molecule has 2 aromatic rings. The van der Waals surface area contributed by atoms with E-state index in [-0.39, 0.29) is 10.6 Å². The summed E-state index contributed by atoms with van der Waals surface area (Å²) in [5.41, 5.74) is 4.47. The van der Waals surface area contributed by atoms with E-state index in [1.54, 1.807) is 19.2 Å². The molecule has 8 heteroatoms. The number of amides is 1. The second-order valence-electron chi connectivity index (χ2n) is 5.00. The molecule has 7 nitrogen and oxygen atoms in total.